The van der Waals surface area contributed by atoms with Crippen LogP contribution in [0.5, 0.6) is 5.75 Å². The Bertz CT molecular complexity index is 898. The molecule has 0 spiro atoms. The summed E-state index contributed by atoms with van der Waals surface area (Å²) in [4.78, 5) is 15.1. The smallest absolute Gasteiger partial charge is 0.252 e. The van der Waals surface area contributed by atoms with Crippen LogP contribution in [0.1, 0.15) is 38.8 Å². The third-order valence-corrected chi connectivity index (χ3v) is 7.59. The number of hydrogen-bond acceptors (Lipinski definition) is 7. The first kappa shape index (κ1) is 29.9. The monoisotopic (exact) mass is 528 g/mol. The summed E-state index contributed by atoms with van der Waals surface area (Å²) >= 11 is 0. The van der Waals surface area contributed by atoms with E-state index >= 15 is 0 Å². The molecule has 12 heteroatoms. The van der Waals surface area contributed by atoms with Gasteiger partial charge in [-0.15, -0.1) is 24.8 Å². The van der Waals surface area contributed by atoms with Gasteiger partial charge in [0.2, 0.25) is 0 Å². The number of sulfone groups is 1. The van der Waals surface area contributed by atoms with E-state index in [1.54, 1.807) is 0 Å². The van der Waals surface area contributed by atoms with Crippen molar-refractivity contribution >= 4 is 40.6 Å². The Labute approximate surface area is 208 Å². The first-order valence-corrected chi connectivity index (χ1v) is 12.5. The molecule has 2 heterocycles. The second-order valence-corrected chi connectivity index (χ2v) is 11.1. The minimum absolute atomic E-state index is 0. The van der Waals surface area contributed by atoms with Crippen LogP contribution in [0.3, 0.4) is 0 Å². The maximum atomic E-state index is 13.9. The van der Waals surface area contributed by atoms with Crippen molar-refractivity contribution < 1.29 is 22.3 Å². The first-order valence-electron chi connectivity index (χ1n) is 10.8. The van der Waals surface area contributed by atoms with Crippen LogP contribution in [0.15, 0.2) is 18.2 Å². The molecule has 3 rings (SSSR count). The Kier molecular flexibility index (Phi) is 11.3. The van der Waals surface area contributed by atoms with E-state index in [1.807, 2.05) is 13.8 Å². The van der Waals surface area contributed by atoms with Gasteiger partial charge in [0.15, 0.2) is 15.2 Å². The molecule has 0 radical (unpaired) electrons. The van der Waals surface area contributed by atoms with Gasteiger partial charge in [0, 0.05) is 63.0 Å². The molecule has 2 unspecified atom stereocenters. The van der Waals surface area contributed by atoms with Crippen molar-refractivity contribution in [3.8, 4) is 5.75 Å². The molecule has 2 aliphatic heterocycles. The fourth-order valence-corrected chi connectivity index (χ4v) is 5.15. The fraction of sp³-hybridized carbons (Fsp3) is 0.667. The molecule has 33 heavy (non-hydrogen) atoms. The Hall–Kier alpha value is -1.17. The van der Waals surface area contributed by atoms with Gasteiger partial charge in [-0.05, 0) is 32.0 Å². The van der Waals surface area contributed by atoms with Crippen LogP contribution < -0.4 is 20.7 Å². The van der Waals surface area contributed by atoms with Gasteiger partial charge in [0.25, 0.3) is 5.91 Å². The number of nitrogens with one attached hydrogen (secondary N) is 3. The summed E-state index contributed by atoms with van der Waals surface area (Å²) in [6, 6.07) is 3.64. The second kappa shape index (κ2) is 12.5. The predicted octanol–water partition coefficient (Wildman–Crippen LogP) is 1.64. The molecule has 2 atom stereocenters. The van der Waals surface area contributed by atoms with Gasteiger partial charge in [-0.1, -0.05) is 6.92 Å². The molecule has 0 aliphatic carbocycles. The third kappa shape index (κ3) is 7.93. The van der Waals surface area contributed by atoms with Gasteiger partial charge in [-0.3, -0.25) is 15.0 Å². The molecule has 8 nitrogen and oxygen atoms in total. The maximum absolute atomic E-state index is 13.9. The predicted molar refractivity (Wildman–Crippen MR) is 132 cm³/mol. The highest BCUT2D eigenvalue weighted by molar-refractivity contribution is 7.92. The van der Waals surface area contributed by atoms with Crippen molar-refractivity contribution in [3.63, 3.8) is 0 Å². The molecule has 2 aliphatic rings. The summed E-state index contributed by atoms with van der Waals surface area (Å²) in [6.07, 6.45) is 0.396. The lowest BCUT2D eigenvalue weighted by molar-refractivity contribution is -0.121. The average Bonchev–Trinajstić information content (AvgIpc) is 2.72. The number of halogens is 3. The fourth-order valence-electron chi connectivity index (χ4n) is 4.03. The van der Waals surface area contributed by atoms with Crippen LogP contribution in [0.25, 0.3) is 0 Å². The van der Waals surface area contributed by atoms with Crippen LogP contribution >= 0.6 is 24.8 Å². The van der Waals surface area contributed by atoms with E-state index in [9.17, 15) is 17.6 Å². The number of amides is 1. The van der Waals surface area contributed by atoms with Crippen LogP contribution in [0, 0.1) is 5.82 Å². The van der Waals surface area contributed by atoms with Crippen molar-refractivity contribution in [3.05, 3.63) is 29.6 Å². The summed E-state index contributed by atoms with van der Waals surface area (Å²) < 4.78 is 45.4. The number of rotatable bonds is 8. The number of hydrogen-bond donors (Lipinski definition) is 3. The lowest BCUT2D eigenvalue weighted by atomic mass is 9.89. The molecular weight excluding hydrogens is 494 g/mol. The number of ether oxygens (including phenoxy) is 1. The van der Waals surface area contributed by atoms with Crippen molar-refractivity contribution in [1.82, 2.24) is 20.9 Å². The van der Waals surface area contributed by atoms with Gasteiger partial charge in [0.1, 0.15) is 17.2 Å². The molecule has 0 aromatic heterocycles. The van der Waals surface area contributed by atoms with Gasteiger partial charge in [-0.25, -0.2) is 12.8 Å². The van der Waals surface area contributed by atoms with E-state index in [2.05, 4.69) is 20.9 Å². The molecule has 1 aromatic carbocycles. The van der Waals surface area contributed by atoms with E-state index in [4.69, 9.17) is 4.74 Å². The lowest BCUT2D eigenvalue weighted by Crippen LogP contribution is -2.54. The Balaban J connectivity index is 0.00000272. The summed E-state index contributed by atoms with van der Waals surface area (Å²) in [6.45, 7) is 9.88. The zero-order valence-electron chi connectivity index (χ0n) is 19.2. The minimum atomic E-state index is -3.75. The second-order valence-electron chi connectivity index (χ2n) is 8.68. The minimum Gasteiger partial charge on any atom is -0.487 e. The zero-order chi connectivity index (χ0) is 22.6. The molecule has 0 saturated carbocycles. The van der Waals surface area contributed by atoms with E-state index < -0.39 is 38.6 Å². The molecule has 3 N–H and O–H groups in total. The highest BCUT2D eigenvalue weighted by Gasteiger charge is 2.39. The largest absolute Gasteiger partial charge is 0.487 e. The highest BCUT2D eigenvalue weighted by atomic mass is 35.5. The Morgan fingerprint density at radius 3 is 2.61 bits per heavy atom. The van der Waals surface area contributed by atoms with Gasteiger partial charge >= 0.3 is 0 Å². The molecule has 1 fully saturated rings. The average molecular weight is 530 g/mol. The van der Waals surface area contributed by atoms with Crippen molar-refractivity contribution in [2.24, 2.45) is 0 Å². The Morgan fingerprint density at radius 1 is 1.30 bits per heavy atom. The quantitative estimate of drug-likeness (QED) is 0.471. The highest BCUT2D eigenvalue weighted by Crippen LogP contribution is 2.40. The third-order valence-electron chi connectivity index (χ3n) is 5.72. The Morgan fingerprint density at radius 2 is 1.97 bits per heavy atom. The van der Waals surface area contributed by atoms with E-state index in [-0.39, 0.29) is 30.6 Å². The number of nitrogens with zero attached hydrogens (tertiary/aromatic N) is 1. The number of piperazine rings is 1. The number of fused-ring (bicyclic) bond motifs is 1. The lowest BCUT2D eigenvalue weighted by Gasteiger charge is -2.39. The van der Waals surface area contributed by atoms with Gasteiger partial charge in [-0.2, -0.15) is 0 Å². The summed E-state index contributed by atoms with van der Waals surface area (Å²) in [7, 11) is -3.75. The van der Waals surface area contributed by atoms with E-state index in [0.717, 1.165) is 26.2 Å². The molecule has 1 saturated heterocycles. The van der Waals surface area contributed by atoms with Crippen molar-refractivity contribution in [1.29, 1.82) is 0 Å². The van der Waals surface area contributed by atoms with E-state index in [1.165, 1.54) is 25.1 Å². The molecule has 1 aromatic rings. The normalized spacial score (nSPS) is 20.9. The summed E-state index contributed by atoms with van der Waals surface area (Å²) in [5, 5.41) is 7.62. The van der Waals surface area contributed by atoms with Crippen molar-refractivity contribution in [2.75, 3.05) is 45.0 Å². The zero-order valence-corrected chi connectivity index (χ0v) is 21.7. The number of carbonyl (C=O) groups excluding carboxylic acids is 1. The summed E-state index contributed by atoms with van der Waals surface area (Å²) in [5.41, 5.74) is -0.0776. The van der Waals surface area contributed by atoms with Crippen LogP contribution in [-0.4, -0.2) is 75.2 Å². The van der Waals surface area contributed by atoms with Gasteiger partial charge < -0.3 is 15.4 Å². The molecule has 1 amide bonds. The number of benzene rings is 1. The number of carbonyl (C=O) groups is 1. The van der Waals surface area contributed by atoms with Crippen LogP contribution in [-0.2, 0) is 14.6 Å². The SMILES string of the molecule is CCS(=O)(=O)C(NC1CC(C)(C)Oc2ccc(F)cc21)C(=O)NCCN1CCNCC1.Cl.Cl. The standard InChI is InChI=1S/C21H33FN4O4S.2ClH/c1-4-31(28,29)20(19(27)24-9-12-26-10-7-23-8-11-26)25-17-14-21(2,3)30-18-6-5-15(22)13-16(17)18;;/h5-6,13,17,20,23,25H,4,7-12,14H2,1-3H3,(H,24,27);2*1H. The van der Waals surface area contributed by atoms with E-state index in [0.29, 0.717) is 30.8 Å². The summed E-state index contributed by atoms with van der Waals surface area (Å²) in [5.74, 6) is -0.719. The van der Waals surface area contributed by atoms with Crippen molar-refractivity contribution in [2.45, 2.75) is 44.2 Å². The molecule has 0 bridgehead atoms. The van der Waals surface area contributed by atoms with Crippen LogP contribution in [0.2, 0.25) is 0 Å². The van der Waals surface area contributed by atoms with Crippen LogP contribution in [0.4, 0.5) is 4.39 Å². The first-order chi connectivity index (χ1) is 14.6. The molecular formula is C21H35Cl2FN4O4S. The maximum Gasteiger partial charge on any atom is 0.252 e. The van der Waals surface area contributed by atoms with Gasteiger partial charge in [0.05, 0.1) is 0 Å². The topological polar surface area (TPSA) is 99.8 Å². The molecule has 190 valence electrons.